The van der Waals surface area contributed by atoms with E-state index in [9.17, 15) is 42.7 Å². The van der Waals surface area contributed by atoms with Gasteiger partial charge in [0.05, 0.1) is 60.8 Å². The molecule has 101 heavy (non-hydrogen) atoms. The number of amidine groups is 2. The van der Waals surface area contributed by atoms with Crippen LogP contribution in [0.5, 0.6) is 5.75 Å². The van der Waals surface area contributed by atoms with Gasteiger partial charge in [0.25, 0.3) is 0 Å². The molecule has 1 aliphatic carbocycles. The van der Waals surface area contributed by atoms with Crippen LogP contribution in [-0.4, -0.2) is 193 Å². The lowest BCUT2D eigenvalue weighted by atomic mass is 9.87. The third kappa shape index (κ3) is 15.0. The molecule has 3 N–H and O–H groups in total. The zero-order valence-corrected chi connectivity index (χ0v) is 58.3. The Morgan fingerprint density at radius 1 is 0.594 bits per heavy atom. The van der Waals surface area contributed by atoms with E-state index in [0.717, 1.165) is 18.5 Å². The van der Waals surface area contributed by atoms with Crippen molar-refractivity contribution in [2.75, 3.05) is 107 Å². The number of carboxylic acid groups (broad SMARTS) is 1. The summed E-state index contributed by atoms with van der Waals surface area (Å²) in [6.07, 6.45) is 6.75. The number of carboxylic acids is 1. The average Bonchev–Trinajstić information content (AvgIpc) is 1.76. The second kappa shape index (κ2) is 30.3. The number of hydrogen-bond acceptors (Lipinski definition) is 20. The summed E-state index contributed by atoms with van der Waals surface area (Å²) in [6, 6.07) is 14.5. The molecular formula is C70H71Cl2F4N13O10S2. The monoisotopic (exact) mass is 1460 g/mol. The van der Waals surface area contributed by atoms with Gasteiger partial charge in [0.15, 0.2) is 27.5 Å². The molecule has 7 aliphatic heterocycles. The molecule has 8 aliphatic rings. The van der Waals surface area contributed by atoms with Crippen LogP contribution in [0, 0.1) is 35.1 Å². The van der Waals surface area contributed by atoms with Crippen molar-refractivity contribution in [1.82, 2.24) is 40.2 Å². The molecule has 0 unspecified atom stereocenters. The smallest absolute Gasteiger partial charge is 0.338 e. The number of Topliss-reactive ketones (excluding diaryl/α,β-unsaturated/α-hetero) is 1. The van der Waals surface area contributed by atoms with Gasteiger partial charge in [-0.1, -0.05) is 35.3 Å². The first kappa shape index (κ1) is 70.4. The Bertz CT molecular complexity index is 4330. The molecule has 31 heteroatoms. The van der Waals surface area contributed by atoms with Crippen molar-refractivity contribution in [3.05, 3.63) is 173 Å². The number of aliphatic imine (C=N–C) groups is 2. The number of fused-ring (bicyclic) bond motifs is 2. The Morgan fingerprint density at radius 2 is 1.08 bits per heavy atom. The molecule has 0 bridgehead atoms. The zero-order chi connectivity index (χ0) is 70.9. The third-order valence-corrected chi connectivity index (χ3v) is 21.9. The number of piperazine rings is 2. The number of thiazole rings is 2. The highest BCUT2D eigenvalue weighted by atomic mass is 35.5. The van der Waals surface area contributed by atoms with E-state index in [1.807, 2.05) is 11.4 Å². The number of aliphatic carboxylic acids is 1. The number of hydrogen-bond donors (Lipinski definition) is 3. The van der Waals surface area contributed by atoms with Crippen molar-refractivity contribution in [2.45, 2.75) is 75.7 Å². The van der Waals surface area contributed by atoms with Crippen LogP contribution in [-0.2, 0) is 28.7 Å². The van der Waals surface area contributed by atoms with Crippen molar-refractivity contribution in [2.24, 2.45) is 21.8 Å². The van der Waals surface area contributed by atoms with Crippen molar-refractivity contribution < 1.29 is 65.6 Å². The molecule has 4 amide bonds. The van der Waals surface area contributed by atoms with Gasteiger partial charge >= 0.3 is 30.0 Å². The van der Waals surface area contributed by atoms with Gasteiger partial charge in [-0.15, -0.1) is 22.7 Å². The summed E-state index contributed by atoms with van der Waals surface area (Å²) < 4.78 is 75.6. The molecule has 4 aromatic carbocycles. The maximum atomic E-state index is 15.6. The number of methoxy groups -OCH3 is 2. The largest absolute Gasteiger partial charge is 0.490 e. The van der Waals surface area contributed by atoms with E-state index in [1.54, 1.807) is 52.7 Å². The summed E-state index contributed by atoms with van der Waals surface area (Å²) in [6.45, 7) is 6.74. The molecule has 14 rings (SSSR count). The lowest BCUT2D eigenvalue weighted by molar-refractivity contribution is -0.143. The SMILES string of the molecule is COC(=O)C1=C(CN2CCN3C(=O)N(c4ccc(N5CCC(C(C)=O)CC5)cc4F)C[C@@H]3C2)NC(c2nccs2)=N[C@H]1c1ccc(F)cc1Cl.COC(=O)C1=C(CN2CCN3C(=O)N(c4ccc(OC5CCC(C(=O)O)CC5)cc4F)C[C@@H]3C2)NC(c2nccs2)=N[C@H]1c1ccc(F)cc1Cl. The summed E-state index contributed by atoms with van der Waals surface area (Å²) in [5, 5.41) is 20.9. The Morgan fingerprint density at radius 3 is 1.50 bits per heavy atom. The normalized spacial score (nSPS) is 22.8. The maximum absolute atomic E-state index is 15.6. The van der Waals surface area contributed by atoms with Crippen molar-refractivity contribution in [3.63, 3.8) is 0 Å². The number of nitrogens with zero attached hydrogens (tertiary/aromatic N) is 11. The van der Waals surface area contributed by atoms with Crippen LogP contribution in [0.3, 0.4) is 0 Å². The minimum absolute atomic E-state index is 0.0507. The summed E-state index contributed by atoms with van der Waals surface area (Å²) in [5.74, 6) is -3.06. The minimum atomic E-state index is -0.903. The highest BCUT2D eigenvalue weighted by molar-refractivity contribution is 7.12. The maximum Gasteiger partial charge on any atom is 0.338 e. The van der Waals surface area contributed by atoms with Crippen molar-refractivity contribution >= 4 is 110 Å². The lowest BCUT2D eigenvalue weighted by Crippen LogP contribution is -2.53. The van der Waals surface area contributed by atoms with Gasteiger partial charge in [0, 0.05) is 152 Å². The Hall–Kier alpha value is -9.00. The number of amides is 4. The molecule has 530 valence electrons. The fourth-order valence-corrected chi connectivity index (χ4v) is 16.2. The van der Waals surface area contributed by atoms with Gasteiger partial charge in [-0.05, 0) is 100 Å². The van der Waals surface area contributed by atoms with E-state index in [0.29, 0.717) is 135 Å². The lowest BCUT2D eigenvalue weighted by Gasteiger charge is -2.38. The average molecular weight is 1470 g/mol. The number of piperidine rings is 1. The first-order valence-electron chi connectivity index (χ1n) is 33.1. The second-order valence-electron chi connectivity index (χ2n) is 25.8. The van der Waals surface area contributed by atoms with Crippen LogP contribution < -0.4 is 30.1 Å². The zero-order valence-electron chi connectivity index (χ0n) is 55.1. The number of rotatable bonds is 17. The third-order valence-electron chi connectivity index (χ3n) is 19.7. The number of nitrogens with one attached hydrogen (secondary N) is 2. The van der Waals surface area contributed by atoms with Gasteiger partial charge in [-0.3, -0.25) is 39.2 Å². The molecule has 0 radical (unpaired) electrons. The van der Waals surface area contributed by atoms with Gasteiger partial charge in [0.2, 0.25) is 0 Å². The van der Waals surface area contributed by atoms with E-state index in [-0.39, 0.29) is 100 Å². The number of aromatic nitrogens is 2. The predicted molar refractivity (Wildman–Crippen MR) is 372 cm³/mol. The van der Waals surface area contributed by atoms with Crippen molar-refractivity contribution in [3.8, 4) is 5.75 Å². The molecule has 23 nitrogen and oxygen atoms in total. The van der Waals surface area contributed by atoms with Crippen LogP contribution in [0.2, 0.25) is 10.0 Å². The summed E-state index contributed by atoms with van der Waals surface area (Å²) >= 11 is 15.7. The highest BCUT2D eigenvalue weighted by Gasteiger charge is 2.46. The van der Waals surface area contributed by atoms with Crippen LogP contribution in [0.15, 0.2) is 128 Å². The molecule has 6 fully saturated rings. The number of benzene rings is 4. The summed E-state index contributed by atoms with van der Waals surface area (Å²) in [7, 11) is 2.56. The first-order chi connectivity index (χ1) is 48.7. The molecule has 9 heterocycles. The fourth-order valence-electron chi connectivity index (χ4n) is 14.5. The Labute approximate surface area is 596 Å². The topological polar surface area (TPSA) is 248 Å². The number of halogens is 6. The number of anilines is 3. The molecule has 2 aromatic heterocycles. The van der Waals surface area contributed by atoms with Gasteiger partial charge in [-0.2, -0.15) is 0 Å². The van der Waals surface area contributed by atoms with E-state index >= 15 is 8.78 Å². The Balaban J connectivity index is 0.000000181. The quantitative estimate of drug-likeness (QED) is 0.0567. The van der Waals surface area contributed by atoms with E-state index in [1.165, 1.54) is 95.2 Å². The molecule has 6 aromatic rings. The number of esters is 2. The molecular weight excluding hydrogens is 1390 g/mol. The van der Waals surface area contributed by atoms with Crippen LogP contribution in [0.4, 0.5) is 44.2 Å². The second-order valence-corrected chi connectivity index (χ2v) is 28.4. The Kier molecular flexibility index (Phi) is 21.1. The molecule has 1 saturated carbocycles. The van der Waals surface area contributed by atoms with E-state index in [2.05, 4.69) is 35.3 Å². The standard InChI is InChI=1S/C35H36ClF2N7O4S.C35H35ClF2N6O6S/c1-20(46)21-7-10-43(11-8-21)23-4-6-29(27(38)16-23)45-18-24-17-42(12-13-44(24)35(45)48)19-28-30(34(47)49-2)31(25-5-3-22(37)15-26(25)36)41-32(40-28)33-39-9-14-50-33;1-49-34(47)29-27(40-31(32-39-10-13-51-32)41-30(29)24-8-4-20(37)14-25(24)36)18-42-11-12-43-21(16-42)17-44(35(43)48)28-9-7-23(15-26(28)38)50-22-5-2-19(3-6-22)33(45)46/h3-6,9,14-16,21,24,31H,7-8,10-13,17-19H2,1-2H3,(H,40,41);4,7-10,13-15,19,21-22,30H,2-3,5-6,11-12,16-18H2,1H3,(H,40,41)(H,45,46)/t24-,31-;19?,21-,22?,30-/m00/s1. The molecule has 0 spiro atoms. The van der Waals surface area contributed by atoms with Crippen LogP contribution >= 0.6 is 45.9 Å². The summed E-state index contributed by atoms with van der Waals surface area (Å²) in [5.41, 5.74) is 3.49. The molecule has 5 saturated heterocycles. The van der Waals surface area contributed by atoms with Crippen LogP contribution in [0.1, 0.15) is 78.7 Å². The number of urea groups is 2. The molecule has 4 atom stereocenters. The van der Waals surface area contributed by atoms with E-state index < -0.39 is 53.3 Å². The van der Waals surface area contributed by atoms with Crippen LogP contribution in [0.25, 0.3) is 0 Å². The minimum Gasteiger partial charge on any atom is -0.490 e. The highest BCUT2D eigenvalue weighted by Crippen LogP contribution is 2.41. The number of carbonyl (C=O) groups is 6. The van der Waals surface area contributed by atoms with Gasteiger partial charge < -0.3 is 44.7 Å². The number of ether oxygens (including phenoxy) is 3. The summed E-state index contributed by atoms with van der Waals surface area (Å²) in [4.78, 5) is 108. The first-order valence-corrected chi connectivity index (χ1v) is 35.6. The van der Waals surface area contributed by atoms with Gasteiger partial charge in [0.1, 0.15) is 41.1 Å². The number of carbonyl (C=O) groups excluding carboxylic acids is 5. The predicted octanol–water partition coefficient (Wildman–Crippen LogP) is 10.3. The number of ketones is 1. The fraction of sp³-hybridized carbons (Fsp3) is 0.400. The van der Waals surface area contributed by atoms with Crippen molar-refractivity contribution in [1.29, 1.82) is 0 Å². The van der Waals surface area contributed by atoms with Gasteiger partial charge in [-0.25, -0.2) is 46.7 Å². The van der Waals surface area contributed by atoms with E-state index in [4.69, 9.17) is 47.4 Å².